The number of amides is 3. The first-order valence-corrected chi connectivity index (χ1v) is 7.35. The van der Waals surface area contributed by atoms with Gasteiger partial charge in [-0.2, -0.15) is 0 Å². The predicted octanol–water partition coefficient (Wildman–Crippen LogP) is 2.83. The van der Waals surface area contributed by atoms with Crippen molar-refractivity contribution in [3.63, 3.8) is 0 Å². The molecule has 5 nitrogen and oxygen atoms in total. The van der Waals surface area contributed by atoms with Crippen molar-refractivity contribution in [3.8, 4) is 0 Å². The third-order valence-electron chi connectivity index (χ3n) is 3.07. The van der Waals surface area contributed by atoms with Crippen LogP contribution in [0.1, 0.15) is 25.5 Å². The van der Waals surface area contributed by atoms with E-state index in [4.69, 9.17) is 23.2 Å². The lowest BCUT2D eigenvalue weighted by atomic mass is 10.1. The van der Waals surface area contributed by atoms with Crippen LogP contribution in [0, 0.1) is 0 Å². The minimum Gasteiger partial charge on any atom is -0.358 e. The third-order valence-corrected chi connectivity index (χ3v) is 3.80. The molecule has 1 unspecified atom stereocenters. The quantitative estimate of drug-likeness (QED) is 0.871. The fourth-order valence-electron chi connectivity index (χ4n) is 1.72. The van der Waals surface area contributed by atoms with Gasteiger partial charge in [0.1, 0.15) is 6.54 Å². The summed E-state index contributed by atoms with van der Waals surface area (Å²) in [5.41, 5.74) is 0.841. The Morgan fingerprint density at radius 3 is 2.48 bits per heavy atom. The lowest BCUT2D eigenvalue weighted by Gasteiger charge is -2.23. The summed E-state index contributed by atoms with van der Waals surface area (Å²) in [5, 5.41) is 6.22. The second-order valence-corrected chi connectivity index (χ2v) is 5.35. The molecule has 1 rings (SSSR count). The molecule has 0 fully saturated rings. The molecule has 0 heterocycles. The molecule has 0 aliphatic heterocycles. The van der Waals surface area contributed by atoms with Crippen LogP contribution in [0.2, 0.25) is 10.0 Å². The van der Waals surface area contributed by atoms with Crippen LogP contribution in [0.3, 0.4) is 0 Å². The van der Waals surface area contributed by atoms with E-state index >= 15 is 0 Å². The van der Waals surface area contributed by atoms with Gasteiger partial charge in [-0.25, -0.2) is 4.79 Å². The number of halogens is 2. The van der Waals surface area contributed by atoms with Crippen LogP contribution in [-0.2, 0) is 4.79 Å². The van der Waals surface area contributed by atoms with Crippen LogP contribution in [0.5, 0.6) is 0 Å². The molecule has 0 spiro atoms. The van der Waals surface area contributed by atoms with Crippen molar-refractivity contribution in [2.45, 2.75) is 19.9 Å². The van der Waals surface area contributed by atoms with Gasteiger partial charge in [0, 0.05) is 13.6 Å². The molecule has 0 saturated heterocycles. The molecule has 0 radical (unpaired) electrons. The van der Waals surface area contributed by atoms with Gasteiger partial charge in [-0.3, -0.25) is 4.79 Å². The lowest BCUT2D eigenvalue weighted by Crippen LogP contribution is -2.45. The average molecular weight is 332 g/mol. The Morgan fingerprint density at radius 1 is 1.29 bits per heavy atom. The lowest BCUT2D eigenvalue weighted by molar-refractivity contribution is -0.121. The number of carbonyl (C=O) groups excluding carboxylic acids is 2. The van der Waals surface area contributed by atoms with Crippen molar-refractivity contribution in [2.75, 3.05) is 20.1 Å². The van der Waals surface area contributed by atoms with E-state index in [-0.39, 0.29) is 24.5 Å². The molecular weight excluding hydrogens is 313 g/mol. The highest BCUT2D eigenvalue weighted by Gasteiger charge is 2.17. The van der Waals surface area contributed by atoms with Crippen LogP contribution >= 0.6 is 23.2 Å². The molecule has 2 N–H and O–H groups in total. The molecule has 0 saturated carbocycles. The van der Waals surface area contributed by atoms with Crippen LogP contribution in [0.25, 0.3) is 0 Å². The van der Waals surface area contributed by atoms with Gasteiger partial charge < -0.3 is 15.5 Å². The summed E-state index contributed by atoms with van der Waals surface area (Å²) in [5.74, 6) is -0.214. The number of nitrogens with zero attached hydrogens (tertiary/aromatic N) is 1. The van der Waals surface area contributed by atoms with Crippen molar-refractivity contribution < 1.29 is 9.59 Å². The highest BCUT2D eigenvalue weighted by atomic mass is 35.5. The fraction of sp³-hybridized carbons (Fsp3) is 0.429. The van der Waals surface area contributed by atoms with Gasteiger partial charge in [0.25, 0.3) is 0 Å². The van der Waals surface area contributed by atoms with E-state index in [1.807, 2.05) is 13.8 Å². The predicted molar refractivity (Wildman–Crippen MR) is 84.7 cm³/mol. The van der Waals surface area contributed by atoms with Gasteiger partial charge in [0.05, 0.1) is 16.1 Å². The molecule has 1 aromatic carbocycles. The van der Waals surface area contributed by atoms with E-state index in [9.17, 15) is 9.59 Å². The number of likely N-dealkylation sites (N-methyl/N-ethyl adjacent to an activating group) is 2. The monoisotopic (exact) mass is 331 g/mol. The molecule has 116 valence electrons. The summed E-state index contributed by atoms with van der Waals surface area (Å²) in [6.07, 6.45) is 0. The van der Waals surface area contributed by atoms with Crippen LogP contribution in [-0.4, -0.2) is 37.0 Å². The highest BCUT2D eigenvalue weighted by molar-refractivity contribution is 6.42. The smallest absolute Gasteiger partial charge is 0.318 e. The minimum absolute atomic E-state index is 0.0208. The zero-order valence-corrected chi connectivity index (χ0v) is 13.8. The zero-order valence-electron chi connectivity index (χ0n) is 12.2. The Morgan fingerprint density at radius 2 is 1.95 bits per heavy atom. The Hall–Kier alpha value is -1.46. The first kappa shape index (κ1) is 17.6. The van der Waals surface area contributed by atoms with Crippen molar-refractivity contribution in [3.05, 3.63) is 33.8 Å². The molecule has 0 aliphatic rings. The van der Waals surface area contributed by atoms with Crippen LogP contribution < -0.4 is 10.6 Å². The van der Waals surface area contributed by atoms with E-state index in [1.54, 1.807) is 18.2 Å². The van der Waals surface area contributed by atoms with E-state index in [0.717, 1.165) is 5.56 Å². The van der Waals surface area contributed by atoms with Crippen LogP contribution in [0.4, 0.5) is 4.79 Å². The summed E-state index contributed by atoms with van der Waals surface area (Å²) >= 11 is 11.8. The van der Waals surface area contributed by atoms with E-state index in [0.29, 0.717) is 16.6 Å². The summed E-state index contributed by atoms with van der Waals surface area (Å²) in [6.45, 7) is 4.11. The number of rotatable bonds is 5. The minimum atomic E-state index is -0.306. The second kappa shape index (κ2) is 8.10. The first-order chi connectivity index (χ1) is 9.88. The Balaban J connectivity index is 2.71. The third kappa shape index (κ3) is 5.10. The Labute approximate surface area is 134 Å². The maximum atomic E-state index is 12.1. The van der Waals surface area contributed by atoms with Crippen molar-refractivity contribution >= 4 is 35.1 Å². The van der Waals surface area contributed by atoms with Crippen molar-refractivity contribution in [1.29, 1.82) is 0 Å². The number of carbonyl (C=O) groups is 2. The summed E-state index contributed by atoms with van der Waals surface area (Å²) < 4.78 is 0. The van der Waals surface area contributed by atoms with Gasteiger partial charge in [-0.1, -0.05) is 29.3 Å². The molecule has 0 bridgehead atoms. The number of benzene rings is 1. The SMILES string of the molecule is CCN(CC(=O)NC)C(=O)NC(C)c1ccc(Cl)c(Cl)c1. The van der Waals surface area contributed by atoms with Gasteiger partial charge in [-0.15, -0.1) is 0 Å². The molecular formula is C14H19Cl2N3O2. The topological polar surface area (TPSA) is 61.4 Å². The highest BCUT2D eigenvalue weighted by Crippen LogP contribution is 2.25. The van der Waals surface area contributed by atoms with Gasteiger partial charge in [0.15, 0.2) is 0 Å². The van der Waals surface area contributed by atoms with Crippen molar-refractivity contribution in [2.24, 2.45) is 0 Å². The second-order valence-electron chi connectivity index (χ2n) is 4.53. The zero-order chi connectivity index (χ0) is 16.0. The Bertz CT molecular complexity index is 523. The maximum absolute atomic E-state index is 12.1. The van der Waals surface area contributed by atoms with Crippen molar-refractivity contribution in [1.82, 2.24) is 15.5 Å². The summed E-state index contributed by atoms with van der Waals surface area (Å²) in [6, 6.07) is 4.65. The van der Waals surface area contributed by atoms with Gasteiger partial charge in [-0.05, 0) is 31.5 Å². The fourth-order valence-corrected chi connectivity index (χ4v) is 2.03. The molecule has 1 atom stereocenters. The number of urea groups is 1. The molecule has 0 aliphatic carbocycles. The number of hydrogen-bond donors (Lipinski definition) is 2. The Kier molecular flexibility index (Phi) is 6.78. The average Bonchev–Trinajstić information content (AvgIpc) is 2.46. The summed E-state index contributed by atoms with van der Waals surface area (Å²) in [7, 11) is 1.53. The van der Waals surface area contributed by atoms with Gasteiger partial charge >= 0.3 is 6.03 Å². The molecule has 0 aromatic heterocycles. The molecule has 3 amide bonds. The number of hydrogen-bond acceptors (Lipinski definition) is 2. The van der Waals surface area contributed by atoms with Crippen LogP contribution in [0.15, 0.2) is 18.2 Å². The molecule has 1 aromatic rings. The largest absolute Gasteiger partial charge is 0.358 e. The van der Waals surface area contributed by atoms with E-state index in [2.05, 4.69) is 10.6 Å². The van der Waals surface area contributed by atoms with E-state index < -0.39 is 0 Å². The maximum Gasteiger partial charge on any atom is 0.318 e. The molecule has 7 heteroatoms. The number of nitrogens with one attached hydrogen (secondary N) is 2. The summed E-state index contributed by atoms with van der Waals surface area (Å²) in [4.78, 5) is 24.9. The molecule has 21 heavy (non-hydrogen) atoms. The first-order valence-electron chi connectivity index (χ1n) is 6.60. The standard InChI is InChI=1S/C14H19Cl2N3O2/c1-4-19(8-13(20)17-3)14(21)18-9(2)10-5-6-11(15)12(16)7-10/h5-7,9H,4,8H2,1-3H3,(H,17,20)(H,18,21). The van der Waals surface area contributed by atoms with Gasteiger partial charge in [0.2, 0.25) is 5.91 Å². The normalized spacial score (nSPS) is 11.7. The van der Waals surface area contributed by atoms with E-state index in [1.165, 1.54) is 11.9 Å².